The van der Waals surface area contributed by atoms with E-state index in [-0.39, 0.29) is 24.0 Å². The first-order valence-electron chi connectivity index (χ1n) is 7.64. The Balaban J connectivity index is 1.85. The van der Waals surface area contributed by atoms with Gasteiger partial charge < -0.3 is 5.11 Å². The SMILES string of the molecule is C[C@]1(C(=O)C(F)(F)F)CCC2c3ccc(O)cc3CCC2C1. The molecule has 0 heterocycles. The van der Waals surface area contributed by atoms with E-state index in [9.17, 15) is 23.1 Å². The van der Waals surface area contributed by atoms with Gasteiger partial charge in [0, 0.05) is 5.41 Å². The van der Waals surface area contributed by atoms with Crippen molar-refractivity contribution in [2.24, 2.45) is 11.3 Å². The number of phenolic OH excluding ortho intramolecular Hbond substituents is 1. The highest BCUT2D eigenvalue weighted by Gasteiger charge is 2.53. The molecule has 2 aliphatic carbocycles. The van der Waals surface area contributed by atoms with Gasteiger partial charge in [0.25, 0.3) is 0 Å². The molecule has 0 aromatic heterocycles. The third kappa shape index (κ3) is 2.50. The highest BCUT2D eigenvalue weighted by Crippen LogP contribution is 2.53. The molecule has 2 nitrogen and oxygen atoms in total. The number of halogens is 3. The molecule has 1 aromatic carbocycles. The average molecular weight is 312 g/mol. The molecule has 0 aliphatic heterocycles. The Morgan fingerprint density at radius 2 is 2.05 bits per heavy atom. The molecule has 1 aromatic rings. The maximum Gasteiger partial charge on any atom is 0.450 e. The van der Waals surface area contributed by atoms with Crippen LogP contribution in [0.2, 0.25) is 0 Å². The Kier molecular flexibility index (Phi) is 3.49. The number of ketones is 1. The smallest absolute Gasteiger partial charge is 0.450 e. The monoisotopic (exact) mass is 312 g/mol. The molecule has 2 aliphatic rings. The van der Waals surface area contributed by atoms with Gasteiger partial charge in [-0.3, -0.25) is 4.79 Å². The summed E-state index contributed by atoms with van der Waals surface area (Å²) in [7, 11) is 0. The Morgan fingerprint density at radius 3 is 2.73 bits per heavy atom. The first kappa shape index (κ1) is 15.4. The molecule has 22 heavy (non-hydrogen) atoms. The highest BCUT2D eigenvalue weighted by atomic mass is 19.4. The number of hydrogen-bond acceptors (Lipinski definition) is 2. The Bertz CT molecular complexity index is 608. The minimum Gasteiger partial charge on any atom is -0.508 e. The van der Waals surface area contributed by atoms with Crippen LogP contribution in [-0.2, 0) is 11.2 Å². The molecule has 0 spiro atoms. The topological polar surface area (TPSA) is 37.3 Å². The number of fused-ring (bicyclic) bond motifs is 3. The second kappa shape index (κ2) is 5.00. The van der Waals surface area contributed by atoms with E-state index in [2.05, 4.69) is 0 Å². The molecule has 0 radical (unpaired) electrons. The summed E-state index contributed by atoms with van der Waals surface area (Å²) < 4.78 is 38.4. The molecule has 1 N–H and O–H groups in total. The van der Waals surface area contributed by atoms with Crippen molar-refractivity contribution in [3.63, 3.8) is 0 Å². The highest BCUT2D eigenvalue weighted by molar-refractivity contribution is 5.89. The molecule has 0 bridgehead atoms. The molecule has 3 rings (SSSR count). The predicted molar refractivity (Wildman–Crippen MR) is 75.7 cm³/mol. The van der Waals surface area contributed by atoms with Crippen molar-refractivity contribution in [3.8, 4) is 5.75 Å². The molecule has 2 unspecified atom stereocenters. The van der Waals surface area contributed by atoms with Crippen molar-refractivity contribution in [1.82, 2.24) is 0 Å². The van der Waals surface area contributed by atoms with E-state index in [1.54, 1.807) is 12.1 Å². The lowest BCUT2D eigenvalue weighted by molar-refractivity contribution is -0.184. The van der Waals surface area contributed by atoms with Gasteiger partial charge in [0.1, 0.15) is 5.75 Å². The van der Waals surface area contributed by atoms with Crippen LogP contribution < -0.4 is 0 Å². The normalized spacial score (nSPS) is 31.3. The van der Waals surface area contributed by atoms with Crippen molar-refractivity contribution >= 4 is 5.78 Å². The Labute approximate surface area is 127 Å². The lowest BCUT2D eigenvalue weighted by atomic mass is 9.59. The van der Waals surface area contributed by atoms with Gasteiger partial charge in [-0.1, -0.05) is 13.0 Å². The minimum atomic E-state index is -4.75. The third-order valence-corrected chi connectivity index (χ3v) is 5.41. The summed E-state index contributed by atoms with van der Waals surface area (Å²) in [5.41, 5.74) is 0.941. The van der Waals surface area contributed by atoms with Gasteiger partial charge in [0.05, 0.1) is 0 Å². The van der Waals surface area contributed by atoms with Crippen molar-refractivity contribution in [2.75, 3.05) is 0 Å². The fourth-order valence-corrected chi connectivity index (χ4v) is 4.31. The van der Waals surface area contributed by atoms with E-state index in [0.717, 1.165) is 24.0 Å². The molecule has 0 saturated heterocycles. The number of carbonyl (C=O) groups is 1. The zero-order chi connectivity index (χ0) is 16.1. The molecular formula is C17H19F3O2. The average Bonchev–Trinajstić information content (AvgIpc) is 2.44. The molecule has 0 amide bonds. The number of Topliss-reactive ketones (excluding diaryl/α,β-unsaturated/α-hetero) is 1. The summed E-state index contributed by atoms with van der Waals surface area (Å²) in [5.74, 6) is -1.03. The molecule has 1 fully saturated rings. The quantitative estimate of drug-likeness (QED) is 0.836. The van der Waals surface area contributed by atoms with Crippen LogP contribution in [0.1, 0.15) is 49.7 Å². The van der Waals surface area contributed by atoms with Crippen LogP contribution in [0.5, 0.6) is 5.75 Å². The van der Waals surface area contributed by atoms with Gasteiger partial charge in [-0.15, -0.1) is 0 Å². The van der Waals surface area contributed by atoms with Crippen LogP contribution in [0.3, 0.4) is 0 Å². The first-order chi connectivity index (χ1) is 10.2. The van der Waals surface area contributed by atoms with Gasteiger partial charge in [-0.2, -0.15) is 13.2 Å². The van der Waals surface area contributed by atoms with Gasteiger partial charge >= 0.3 is 6.18 Å². The zero-order valence-corrected chi connectivity index (χ0v) is 12.4. The number of phenols is 1. The minimum absolute atomic E-state index is 0.113. The lowest BCUT2D eigenvalue weighted by Crippen LogP contribution is -2.44. The maximum absolute atomic E-state index is 12.8. The molecule has 3 atom stereocenters. The van der Waals surface area contributed by atoms with Crippen LogP contribution >= 0.6 is 0 Å². The van der Waals surface area contributed by atoms with Crippen molar-refractivity contribution in [3.05, 3.63) is 29.3 Å². The van der Waals surface area contributed by atoms with Gasteiger partial charge in [-0.25, -0.2) is 0 Å². The fraction of sp³-hybridized carbons (Fsp3) is 0.588. The summed E-state index contributed by atoms with van der Waals surface area (Å²) in [4.78, 5) is 11.7. The first-order valence-corrected chi connectivity index (χ1v) is 7.64. The summed E-state index contributed by atoms with van der Waals surface area (Å²) in [6, 6.07) is 5.27. The Hall–Kier alpha value is -1.52. The lowest BCUT2D eigenvalue weighted by Gasteiger charge is -2.45. The van der Waals surface area contributed by atoms with Crippen molar-refractivity contribution < 1.29 is 23.1 Å². The van der Waals surface area contributed by atoms with Crippen molar-refractivity contribution in [1.29, 1.82) is 0 Å². The van der Waals surface area contributed by atoms with E-state index < -0.39 is 17.4 Å². The molecule has 1 saturated carbocycles. The fourth-order valence-electron chi connectivity index (χ4n) is 4.31. The maximum atomic E-state index is 12.8. The van der Waals surface area contributed by atoms with Gasteiger partial charge in [0.2, 0.25) is 5.78 Å². The largest absolute Gasteiger partial charge is 0.508 e. The number of aromatic hydroxyl groups is 1. The zero-order valence-electron chi connectivity index (χ0n) is 12.4. The number of benzene rings is 1. The number of carbonyl (C=O) groups excluding carboxylic acids is 1. The number of aryl methyl sites for hydroxylation is 1. The standard InChI is InChI=1S/C17H19F3O2/c1-16(15(22)17(18,19)20)7-6-14-11(9-16)3-2-10-8-12(21)4-5-13(10)14/h4-5,8,11,14,21H,2-3,6-7,9H2,1H3/t11?,14?,16-/m0/s1. The van der Waals surface area contributed by atoms with E-state index in [4.69, 9.17) is 0 Å². The number of alkyl halides is 3. The van der Waals surface area contributed by atoms with Crippen LogP contribution in [0.25, 0.3) is 0 Å². The van der Waals surface area contributed by atoms with Crippen LogP contribution in [0, 0.1) is 11.3 Å². The second-order valence-corrected chi connectivity index (χ2v) is 6.92. The molecule has 120 valence electrons. The second-order valence-electron chi connectivity index (χ2n) is 6.92. The van der Waals surface area contributed by atoms with Gasteiger partial charge in [-0.05, 0) is 67.2 Å². The van der Waals surface area contributed by atoms with Crippen LogP contribution in [0.4, 0.5) is 13.2 Å². The van der Waals surface area contributed by atoms with Crippen LogP contribution in [0.15, 0.2) is 18.2 Å². The van der Waals surface area contributed by atoms with Crippen molar-refractivity contribution in [2.45, 2.75) is 51.1 Å². The summed E-state index contributed by atoms with van der Waals surface area (Å²) in [6.07, 6.45) is -2.05. The predicted octanol–water partition coefficient (Wildman–Crippen LogP) is 4.36. The van der Waals surface area contributed by atoms with E-state index >= 15 is 0 Å². The molecular weight excluding hydrogens is 293 g/mol. The van der Waals surface area contributed by atoms with Gasteiger partial charge in [0.15, 0.2) is 0 Å². The Morgan fingerprint density at radius 1 is 1.32 bits per heavy atom. The summed E-state index contributed by atoms with van der Waals surface area (Å²) >= 11 is 0. The summed E-state index contributed by atoms with van der Waals surface area (Å²) in [5, 5.41) is 9.56. The van der Waals surface area contributed by atoms with E-state index in [0.29, 0.717) is 12.8 Å². The summed E-state index contributed by atoms with van der Waals surface area (Å²) in [6.45, 7) is 1.46. The molecule has 5 heteroatoms. The van der Waals surface area contributed by atoms with E-state index in [1.165, 1.54) is 6.92 Å². The third-order valence-electron chi connectivity index (χ3n) is 5.41. The number of hydrogen-bond donors (Lipinski definition) is 1. The van der Waals surface area contributed by atoms with E-state index in [1.807, 2.05) is 6.07 Å². The van der Waals surface area contributed by atoms with Crippen LogP contribution in [-0.4, -0.2) is 17.1 Å². The number of rotatable bonds is 1.